The van der Waals surface area contributed by atoms with E-state index >= 15 is 0 Å². The summed E-state index contributed by atoms with van der Waals surface area (Å²) < 4.78 is 3.81. The van der Waals surface area contributed by atoms with E-state index in [-0.39, 0.29) is 11.8 Å². The highest BCUT2D eigenvalue weighted by atomic mass is 32.2. The molecule has 1 aromatic carbocycles. The number of unbranched alkanes of at least 4 members (excludes halogenated alkanes) is 32. The molecular weight excluding hydrogens is 1900 g/mol. The second-order valence-electron chi connectivity index (χ2n) is 35.6. The average molecular weight is 2030 g/mol. The van der Waals surface area contributed by atoms with E-state index in [4.69, 9.17) is 34.4 Å². The van der Waals surface area contributed by atoms with Crippen LogP contribution >= 0.6 is 184 Å². The first kappa shape index (κ1) is 99.8. The summed E-state index contributed by atoms with van der Waals surface area (Å²) in [6.45, 7) is 15.4. The van der Waals surface area contributed by atoms with Crippen molar-refractivity contribution < 1.29 is 9.59 Å². The van der Waals surface area contributed by atoms with Crippen LogP contribution in [-0.4, -0.2) is 53.3 Å². The Bertz CT molecular complexity index is 5430. The quantitative estimate of drug-likeness (QED) is 0.0212. The minimum absolute atomic E-state index is 0.0554. The summed E-state index contributed by atoms with van der Waals surface area (Å²) in [7, 11) is 0. The van der Waals surface area contributed by atoms with Crippen LogP contribution in [0, 0.1) is 11.8 Å². The van der Waals surface area contributed by atoms with E-state index in [0.717, 1.165) is 79.1 Å². The van der Waals surface area contributed by atoms with Gasteiger partial charge in [-0.05, 0) is 171 Å². The Balaban J connectivity index is 0.618. The molecule has 2 aliphatic rings. The van der Waals surface area contributed by atoms with Gasteiger partial charge < -0.3 is 0 Å². The largest absolute Gasteiger partial charge is 0.293 e. The number of hydrogen-bond donors (Lipinski definition) is 0. The molecule has 690 valence electrons. The van der Waals surface area contributed by atoms with Gasteiger partial charge in [0.2, 0.25) is 0 Å². The maximum absolute atomic E-state index is 13.8. The van der Waals surface area contributed by atoms with Crippen molar-refractivity contribution in [2.75, 3.05) is 13.1 Å². The molecule has 14 heterocycles. The highest BCUT2D eigenvalue weighted by Gasteiger charge is 2.35. The van der Waals surface area contributed by atoms with E-state index in [1.54, 1.807) is 22.7 Å². The molecule has 22 heteroatoms. The SMILES string of the molecule is CCCCCCCCCCCCCCCCCCN1C(=O)/C(=C/c2ccc(-c3ccc(-c4ccc(-c5ccc(-c6nc7c(-c8ccc(CC(CC)CCCC)s8)c8sc(-c9ccc(-c%10ccc(-c%11ccc(-c%12ccc(/C=C%13\SC(=S)N(CCCCCCCCCCCCCCCCCC)C%13=O)s%12)s%11)s%10)s9)nc8c(-c8ccc(CC(CC)CCCC)s8)c7s6)s5)s4)s3)s2)SC1=S. The summed E-state index contributed by atoms with van der Waals surface area (Å²) in [4.78, 5) is 69.4. The van der Waals surface area contributed by atoms with E-state index in [2.05, 4.69) is 175 Å². The van der Waals surface area contributed by atoms with Crippen molar-refractivity contribution in [1.29, 1.82) is 0 Å². The normalized spacial score (nSPS) is 14.4. The Morgan fingerprint density at radius 1 is 0.285 bits per heavy atom. The predicted octanol–water partition coefficient (Wildman–Crippen LogP) is 40.6. The third kappa shape index (κ3) is 27.0. The molecule has 12 aromatic heterocycles. The molecule has 2 fully saturated rings. The van der Waals surface area contributed by atoms with Crippen molar-refractivity contribution in [3.63, 3.8) is 0 Å². The first-order valence-electron chi connectivity index (χ1n) is 49.1. The van der Waals surface area contributed by atoms with Gasteiger partial charge in [-0.1, -0.05) is 333 Å². The fourth-order valence-corrected chi connectivity index (χ4v) is 34.0. The van der Waals surface area contributed by atoms with Gasteiger partial charge in [0.25, 0.3) is 11.8 Å². The van der Waals surface area contributed by atoms with Crippen LogP contribution in [0.3, 0.4) is 0 Å². The number of benzene rings is 1. The van der Waals surface area contributed by atoms with Crippen molar-refractivity contribution in [3.8, 4) is 99.2 Å². The molecule has 15 rings (SSSR count). The van der Waals surface area contributed by atoms with Gasteiger partial charge in [-0.15, -0.1) is 136 Å². The minimum atomic E-state index is 0.0554. The molecule has 13 aromatic rings. The zero-order valence-electron chi connectivity index (χ0n) is 77.1. The molecule has 2 aliphatic heterocycles. The molecule has 0 radical (unpaired) electrons. The van der Waals surface area contributed by atoms with Crippen LogP contribution in [0.25, 0.3) is 132 Å². The number of hydrogen-bond acceptors (Lipinski definition) is 20. The maximum Gasteiger partial charge on any atom is 0.266 e. The molecular formula is C108H130N4O2S16. The zero-order chi connectivity index (χ0) is 89.9. The average Bonchev–Trinajstić information content (AvgIpc) is 1.56. The Kier molecular flexibility index (Phi) is 39.6. The number of nitrogens with zero attached hydrogens (tertiary/aromatic N) is 4. The van der Waals surface area contributed by atoms with Crippen LogP contribution in [0.15, 0.2) is 131 Å². The Hall–Kier alpha value is -4.70. The summed E-state index contributed by atoms with van der Waals surface area (Å²) in [6, 6.07) is 45.9. The van der Waals surface area contributed by atoms with E-state index in [9.17, 15) is 9.59 Å². The number of carbonyl (C=O) groups is 2. The lowest BCUT2D eigenvalue weighted by molar-refractivity contribution is -0.123. The smallest absolute Gasteiger partial charge is 0.266 e. The fourth-order valence-electron chi connectivity index (χ4n) is 17.9. The molecule has 0 N–H and O–H groups in total. The highest BCUT2D eigenvalue weighted by Crippen LogP contribution is 2.56. The number of thiocarbonyl (C=S) groups is 2. The molecule has 130 heavy (non-hydrogen) atoms. The molecule has 2 amide bonds. The van der Waals surface area contributed by atoms with Crippen molar-refractivity contribution in [2.24, 2.45) is 11.8 Å². The van der Waals surface area contributed by atoms with Gasteiger partial charge in [0, 0.05) is 112 Å². The number of thiazole rings is 2. The summed E-state index contributed by atoms with van der Waals surface area (Å²) in [5.74, 6) is 1.43. The number of aromatic nitrogens is 2. The molecule has 2 unspecified atom stereocenters. The monoisotopic (exact) mass is 2030 g/mol. The van der Waals surface area contributed by atoms with Gasteiger partial charge >= 0.3 is 0 Å². The van der Waals surface area contributed by atoms with E-state index in [0.29, 0.717) is 33.6 Å². The van der Waals surface area contributed by atoms with E-state index in [1.165, 1.54) is 363 Å². The summed E-state index contributed by atoms with van der Waals surface area (Å²) >= 11 is 36.8. The second-order valence-corrected chi connectivity index (χ2v) is 52.0. The lowest BCUT2D eigenvalue weighted by atomic mass is 9.95. The lowest BCUT2D eigenvalue weighted by Crippen LogP contribution is -2.28. The van der Waals surface area contributed by atoms with Crippen LogP contribution in [0.2, 0.25) is 0 Å². The summed E-state index contributed by atoms with van der Waals surface area (Å²) in [6.07, 6.45) is 58.8. The van der Waals surface area contributed by atoms with Gasteiger partial charge in [0.15, 0.2) is 0 Å². The van der Waals surface area contributed by atoms with Gasteiger partial charge in [0.1, 0.15) is 18.7 Å². The van der Waals surface area contributed by atoms with Crippen LogP contribution in [0.4, 0.5) is 0 Å². The van der Waals surface area contributed by atoms with Crippen LogP contribution in [0.5, 0.6) is 0 Å². The lowest BCUT2D eigenvalue weighted by Gasteiger charge is -2.14. The number of rotatable bonds is 58. The third-order valence-electron chi connectivity index (χ3n) is 25.6. The van der Waals surface area contributed by atoms with Crippen LogP contribution < -0.4 is 0 Å². The van der Waals surface area contributed by atoms with Crippen LogP contribution in [-0.2, 0) is 22.4 Å². The molecule has 0 bridgehead atoms. The zero-order valence-corrected chi connectivity index (χ0v) is 90.2. The fraction of sp³-hybridized carbons (Fsp3) is 0.481. The predicted molar refractivity (Wildman–Crippen MR) is 599 cm³/mol. The Labute approximate surface area is 843 Å². The second kappa shape index (κ2) is 51.6. The molecule has 0 saturated carbocycles. The van der Waals surface area contributed by atoms with Gasteiger partial charge in [-0.25, -0.2) is 9.97 Å². The maximum atomic E-state index is 13.8. The molecule has 2 saturated heterocycles. The highest BCUT2D eigenvalue weighted by molar-refractivity contribution is 8.27. The van der Waals surface area contributed by atoms with E-state index in [1.807, 2.05) is 123 Å². The summed E-state index contributed by atoms with van der Waals surface area (Å²) in [5, 5.41) is 2.11. The summed E-state index contributed by atoms with van der Waals surface area (Å²) in [5.41, 5.74) is 4.62. The Morgan fingerprint density at radius 3 is 0.831 bits per heavy atom. The number of amides is 2. The van der Waals surface area contributed by atoms with Gasteiger partial charge in [-0.3, -0.25) is 19.4 Å². The topological polar surface area (TPSA) is 66.4 Å². The number of carbonyl (C=O) groups excluding carboxylic acids is 2. The van der Waals surface area contributed by atoms with Crippen molar-refractivity contribution >= 4 is 237 Å². The van der Waals surface area contributed by atoms with Crippen molar-refractivity contribution in [1.82, 2.24) is 19.8 Å². The molecule has 6 nitrogen and oxygen atoms in total. The molecule has 0 spiro atoms. The molecule has 2 atom stereocenters. The number of fused-ring (bicyclic) bond motifs is 2. The van der Waals surface area contributed by atoms with Gasteiger partial charge in [-0.2, -0.15) is 0 Å². The first-order valence-corrected chi connectivity index (χ1v) is 61.4. The van der Waals surface area contributed by atoms with Gasteiger partial charge in [0.05, 0.1) is 40.0 Å². The number of thiophene rings is 10. The molecule has 0 aliphatic carbocycles. The number of thioether (sulfide) groups is 2. The van der Waals surface area contributed by atoms with Crippen molar-refractivity contribution in [3.05, 3.63) is 151 Å². The Morgan fingerprint density at radius 2 is 0.538 bits per heavy atom. The van der Waals surface area contributed by atoms with Crippen LogP contribution in [0.1, 0.15) is 318 Å². The van der Waals surface area contributed by atoms with Crippen molar-refractivity contribution in [2.45, 2.75) is 311 Å². The van der Waals surface area contributed by atoms with E-state index < -0.39 is 0 Å². The minimum Gasteiger partial charge on any atom is -0.293 e. The third-order valence-corrected chi connectivity index (χ3v) is 42.8. The first-order chi connectivity index (χ1) is 63.8. The standard InChI is InChI=1S/C108H130N4O2S16/c1-7-13-17-19-21-23-25-27-29-31-33-35-37-39-41-43-67-111-105(113)95(127-107(111)115)71-77-47-51-79(117-77)81-55-57-83(121-81)85-59-61-87(123-85)89-63-65-93(125-89)103-109-99-97(91-53-49-75(119-91)69-73(11-5)45-15-9-3)102-100(98(101(99)129-103)92-54-50-76(120-92)70-74(12-6)46-16-10-4)110-104(130-102)94-66-64-90(126-94)88-62-60-86(124-88)84-58-56-82(122-84)80-52-48-78(118-80)72-96-106(114)112(108(116)128-96)68-44-42-40-38-36-34-32-30-28-26-24-22-20-18-14-8-2/h47-66,71-74H,7-46,67-70H2,1-6H3/b95-71-,96-72-.